The molecule has 1 N–H and O–H groups in total. The van der Waals surface area contributed by atoms with Crippen LogP contribution in [0.25, 0.3) is 0 Å². The number of benzene rings is 3. The lowest BCUT2D eigenvalue weighted by molar-refractivity contribution is -0.140. The lowest BCUT2D eigenvalue weighted by Crippen LogP contribution is -2.49. The van der Waals surface area contributed by atoms with Crippen molar-refractivity contribution in [2.24, 2.45) is 5.92 Å². The predicted octanol–water partition coefficient (Wildman–Crippen LogP) is 3.87. The molecule has 0 bridgehead atoms. The molecule has 1 aliphatic heterocycles. The average molecular weight is 383 g/mol. The highest BCUT2D eigenvalue weighted by Crippen LogP contribution is 2.48. The van der Waals surface area contributed by atoms with Crippen molar-refractivity contribution in [1.82, 2.24) is 0 Å². The van der Waals surface area contributed by atoms with E-state index in [4.69, 9.17) is 0 Å². The molecule has 1 heterocycles. The summed E-state index contributed by atoms with van der Waals surface area (Å²) in [4.78, 5) is 28.5. The highest BCUT2D eigenvalue weighted by Gasteiger charge is 2.57. The second-order valence-electron chi connectivity index (χ2n) is 7.77. The number of carbonyl (C=O) groups excluding carboxylic acids is 2. The summed E-state index contributed by atoms with van der Waals surface area (Å²) in [6.45, 7) is 0.358. The van der Waals surface area contributed by atoms with Crippen molar-refractivity contribution in [3.05, 3.63) is 101 Å². The first-order valence-electron chi connectivity index (χ1n) is 9.90. The summed E-state index contributed by atoms with van der Waals surface area (Å²) in [7, 11) is 0. The normalized spacial score (nSPS) is 23.1. The molecule has 144 valence electrons. The number of hydrogen-bond donors (Lipinski definition) is 1. The molecule has 0 spiro atoms. The topological polar surface area (TPSA) is 57.6 Å². The Labute approximate surface area is 169 Å². The van der Waals surface area contributed by atoms with Gasteiger partial charge in [0.05, 0.1) is 18.2 Å². The van der Waals surface area contributed by atoms with Gasteiger partial charge in [0, 0.05) is 11.1 Å². The van der Waals surface area contributed by atoms with Crippen LogP contribution in [0.1, 0.15) is 33.5 Å². The van der Waals surface area contributed by atoms with E-state index >= 15 is 0 Å². The van der Waals surface area contributed by atoms with Crippen molar-refractivity contribution in [3.8, 4) is 0 Å². The molecule has 4 heteroatoms. The molecule has 0 fully saturated rings. The third-order valence-electron chi connectivity index (χ3n) is 6.17. The van der Waals surface area contributed by atoms with Gasteiger partial charge in [-0.1, -0.05) is 72.8 Å². The van der Waals surface area contributed by atoms with E-state index in [1.54, 1.807) is 17.0 Å². The number of Topliss-reactive ketones (excluding diaryl/α,β-unsaturated/α-hetero) is 1. The van der Waals surface area contributed by atoms with Crippen molar-refractivity contribution in [2.75, 3.05) is 4.90 Å². The van der Waals surface area contributed by atoms with Gasteiger partial charge in [-0.05, 0) is 30.0 Å². The molecule has 1 aliphatic carbocycles. The molecule has 1 amide bonds. The molecule has 0 aromatic heterocycles. The van der Waals surface area contributed by atoms with E-state index in [1.807, 2.05) is 66.7 Å². The third-order valence-corrected chi connectivity index (χ3v) is 6.17. The molecule has 5 rings (SSSR count). The van der Waals surface area contributed by atoms with Gasteiger partial charge in [0.1, 0.15) is 0 Å². The maximum atomic E-state index is 13.6. The Morgan fingerprint density at radius 2 is 1.59 bits per heavy atom. The number of carbonyl (C=O) groups is 2. The Balaban J connectivity index is 1.58. The lowest BCUT2D eigenvalue weighted by atomic mass is 9.71. The Bertz CT molecular complexity index is 1110. The van der Waals surface area contributed by atoms with Crippen molar-refractivity contribution < 1.29 is 14.7 Å². The van der Waals surface area contributed by atoms with Crippen LogP contribution in [-0.2, 0) is 23.4 Å². The van der Waals surface area contributed by atoms with Crippen LogP contribution in [0.3, 0.4) is 0 Å². The molecule has 0 unspecified atom stereocenters. The summed E-state index contributed by atoms with van der Waals surface area (Å²) in [6.07, 6.45) is 1.12. The van der Waals surface area contributed by atoms with Gasteiger partial charge in [-0.15, -0.1) is 0 Å². The number of fused-ring (bicyclic) bond motifs is 2. The summed E-state index contributed by atoms with van der Waals surface area (Å²) >= 11 is 0. The van der Waals surface area contributed by atoms with Gasteiger partial charge in [0.2, 0.25) is 0 Å². The van der Waals surface area contributed by atoms with E-state index in [0.717, 1.165) is 11.1 Å². The number of anilines is 1. The molecule has 2 atom stereocenters. The third kappa shape index (κ3) is 2.64. The Kier molecular flexibility index (Phi) is 4.10. The minimum Gasteiger partial charge on any atom is -0.375 e. The molecular weight excluding hydrogens is 362 g/mol. The number of hydrogen-bond acceptors (Lipinski definition) is 3. The standard InChI is InChI=1S/C25H21NO3/c27-23-19-11-5-4-10-18(19)14-15-21(23)25(29)20-12-6-7-13-22(20)26(24(25)28)16-17-8-2-1-3-9-17/h1-13,21,29H,14-16H2/t21-,25+/m0/s1. The Morgan fingerprint density at radius 1 is 0.897 bits per heavy atom. The minimum absolute atomic E-state index is 0.154. The largest absolute Gasteiger partial charge is 0.375 e. The second kappa shape index (κ2) is 6.68. The number of para-hydroxylation sites is 1. The molecular formula is C25H21NO3. The zero-order valence-corrected chi connectivity index (χ0v) is 15.9. The van der Waals surface area contributed by atoms with E-state index in [2.05, 4.69) is 0 Å². The van der Waals surface area contributed by atoms with Crippen molar-refractivity contribution in [3.63, 3.8) is 0 Å². The number of ketones is 1. The lowest BCUT2D eigenvalue weighted by Gasteiger charge is -2.34. The summed E-state index contributed by atoms with van der Waals surface area (Å²) in [5.74, 6) is -1.36. The van der Waals surface area contributed by atoms with Crippen LogP contribution in [0, 0.1) is 5.92 Å². The van der Waals surface area contributed by atoms with E-state index in [-0.39, 0.29) is 5.78 Å². The first-order valence-corrected chi connectivity index (χ1v) is 9.90. The summed E-state index contributed by atoms with van der Waals surface area (Å²) in [5.41, 5.74) is 1.94. The number of aliphatic hydroxyl groups is 1. The van der Waals surface area contributed by atoms with Crippen molar-refractivity contribution in [1.29, 1.82) is 0 Å². The van der Waals surface area contributed by atoms with Crippen LogP contribution in [0.15, 0.2) is 78.9 Å². The van der Waals surface area contributed by atoms with E-state index in [1.165, 1.54) is 0 Å². The SMILES string of the molecule is O=C1c2ccccc2CC[C@@H]1[C@@]1(O)C(=O)N(Cc2ccccc2)c2ccccc21. The van der Waals surface area contributed by atoms with Gasteiger partial charge in [-0.25, -0.2) is 0 Å². The van der Waals surface area contributed by atoms with Crippen LogP contribution in [-0.4, -0.2) is 16.8 Å². The number of aryl methyl sites for hydroxylation is 1. The zero-order chi connectivity index (χ0) is 20.0. The summed E-state index contributed by atoms with van der Waals surface area (Å²) in [5, 5.41) is 11.8. The summed E-state index contributed by atoms with van der Waals surface area (Å²) < 4.78 is 0. The molecule has 29 heavy (non-hydrogen) atoms. The fourth-order valence-corrected chi connectivity index (χ4v) is 4.72. The maximum Gasteiger partial charge on any atom is 0.264 e. The highest BCUT2D eigenvalue weighted by molar-refractivity contribution is 6.12. The van der Waals surface area contributed by atoms with Crippen molar-refractivity contribution >= 4 is 17.4 Å². The average Bonchev–Trinajstić information content (AvgIpc) is 2.98. The van der Waals surface area contributed by atoms with Gasteiger partial charge in [-0.3, -0.25) is 9.59 Å². The molecule has 0 saturated heterocycles. The van der Waals surface area contributed by atoms with Gasteiger partial charge in [0.25, 0.3) is 5.91 Å². The highest BCUT2D eigenvalue weighted by atomic mass is 16.3. The minimum atomic E-state index is -1.84. The maximum absolute atomic E-state index is 13.6. The van der Waals surface area contributed by atoms with Gasteiger partial charge >= 0.3 is 0 Å². The molecule has 2 aliphatic rings. The molecule has 0 radical (unpaired) electrons. The fraction of sp³-hybridized carbons (Fsp3) is 0.200. The smallest absolute Gasteiger partial charge is 0.264 e. The predicted molar refractivity (Wildman–Crippen MR) is 111 cm³/mol. The van der Waals surface area contributed by atoms with Crippen LogP contribution in [0.2, 0.25) is 0 Å². The number of nitrogens with zero attached hydrogens (tertiary/aromatic N) is 1. The van der Waals surface area contributed by atoms with Gasteiger partial charge < -0.3 is 10.0 Å². The Morgan fingerprint density at radius 3 is 2.41 bits per heavy atom. The number of rotatable bonds is 3. The van der Waals surface area contributed by atoms with Crippen LogP contribution in [0.4, 0.5) is 5.69 Å². The van der Waals surface area contributed by atoms with Crippen LogP contribution >= 0.6 is 0 Å². The summed E-state index contributed by atoms with van der Waals surface area (Å²) in [6, 6.07) is 24.4. The van der Waals surface area contributed by atoms with Crippen LogP contribution < -0.4 is 4.90 Å². The molecule has 3 aromatic rings. The van der Waals surface area contributed by atoms with Gasteiger partial charge in [-0.2, -0.15) is 0 Å². The molecule has 4 nitrogen and oxygen atoms in total. The van der Waals surface area contributed by atoms with E-state index in [9.17, 15) is 14.7 Å². The zero-order valence-electron chi connectivity index (χ0n) is 15.9. The molecule has 0 saturated carbocycles. The quantitative estimate of drug-likeness (QED) is 0.747. The van der Waals surface area contributed by atoms with Crippen LogP contribution in [0.5, 0.6) is 0 Å². The van der Waals surface area contributed by atoms with Crippen molar-refractivity contribution in [2.45, 2.75) is 25.0 Å². The Hall–Kier alpha value is -3.24. The first-order chi connectivity index (χ1) is 14.1. The fourth-order valence-electron chi connectivity index (χ4n) is 4.72. The van der Waals surface area contributed by atoms with Gasteiger partial charge in [0.15, 0.2) is 11.4 Å². The number of amides is 1. The second-order valence-corrected chi connectivity index (χ2v) is 7.77. The first kappa shape index (κ1) is 17.8. The monoisotopic (exact) mass is 383 g/mol. The molecule has 3 aromatic carbocycles. The van der Waals surface area contributed by atoms with E-state index in [0.29, 0.717) is 36.2 Å². The van der Waals surface area contributed by atoms with E-state index < -0.39 is 17.4 Å².